The van der Waals surface area contributed by atoms with Gasteiger partial charge in [-0.1, -0.05) is 35.9 Å². The van der Waals surface area contributed by atoms with Crippen LogP contribution in [-0.4, -0.2) is 0 Å². The number of hydrogen-bond donors (Lipinski definition) is 1. The first-order valence-electron chi connectivity index (χ1n) is 7.60. The molecule has 2 aromatic carbocycles. The number of thiophene rings is 1. The first-order chi connectivity index (χ1) is 11.7. The molecule has 0 radical (unpaired) electrons. The summed E-state index contributed by atoms with van der Waals surface area (Å²) >= 11 is 7.75. The van der Waals surface area contributed by atoms with Crippen molar-refractivity contribution in [2.24, 2.45) is 0 Å². The Morgan fingerprint density at radius 1 is 1.04 bits per heavy atom. The molecule has 3 rings (SSSR count). The Labute approximate surface area is 149 Å². The predicted octanol–water partition coefficient (Wildman–Crippen LogP) is 5.41. The van der Waals surface area contributed by atoms with Gasteiger partial charge in [-0.2, -0.15) is 0 Å². The minimum absolute atomic E-state index is 0.109. The maximum absolute atomic E-state index is 13.8. The topological polar surface area (TPSA) is 21.3 Å². The molecule has 0 amide bonds. The predicted molar refractivity (Wildman–Crippen MR) is 97.0 cm³/mol. The Morgan fingerprint density at radius 3 is 2.71 bits per heavy atom. The highest BCUT2D eigenvalue weighted by Gasteiger charge is 2.07. The molecule has 0 fully saturated rings. The lowest BCUT2D eigenvalue weighted by Crippen LogP contribution is -2.11. The van der Waals surface area contributed by atoms with Gasteiger partial charge >= 0.3 is 0 Å². The number of benzene rings is 2. The molecule has 0 unspecified atom stereocenters. The summed E-state index contributed by atoms with van der Waals surface area (Å²) in [4.78, 5) is 1.30. The highest BCUT2D eigenvalue weighted by Crippen LogP contribution is 2.22. The second-order valence-corrected chi connectivity index (χ2v) is 6.76. The summed E-state index contributed by atoms with van der Waals surface area (Å²) in [6, 6.07) is 16.6. The van der Waals surface area contributed by atoms with Crippen molar-refractivity contribution in [3.05, 3.63) is 86.8 Å². The molecule has 0 aliphatic heterocycles. The van der Waals surface area contributed by atoms with Crippen molar-refractivity contribution in [1.29, 1.82) is 0 Å². The van der Waals surface area contributed by atoms with E-state index < -0.39 is 0 Å². The van der Waals surface area contributed by atoms with Crippen LogP contribution in [0.25, 0.3) is 0 Å². The van der Waals surface area contributed by atoms with Crippen LogP contribution in [0.2, 0.25) is 5.02 Å². The highest BCUT2D eigenvalue weighted by molar-refractivity contribution is 7.09. The standard InChI is InChI=1S/C19H17ClFNOS/c20-18-7-2-8-19(21)17(18)13-23-15-5-1-4-14(10-15)11-22-12-16-6-3-9-24-16/h1-10,22H,11-13H2. The number of halogens is 2. The zero-order chi connectivity index (χ0) is 16.8. The van der Waals surface area contributed by atoms with Gasteiger partial charge in [-0.3, -0.25) is 0 Å². The molecule has 2 nitrogen and oxygen atoms in total. The first kappa shape index (κ1) is 17.0. The molecule has 0 bridgehead atoms. The molecule has 0 aliphatic carbocycles. The second-order valence-electron chi connectivity index (χ2n) is 5.32. The van der Waals surface area contributed by atoms with E-state index >= 15 is 0 Å². The van der Waals surface area contributed by atoms with E-state index in [2.05, 4.69) is 16.8 Å². The quantitative estimate of drug-likeness (QED) is 0.607. The summed E-state index contributed by atoms with van der Waals surface area (Å²) in [5.74, 6) is 0.348. The molecule has 0 aliphatic rings. The molecule has 24 heavy (non-hydrogen) atoms. The van der Waals surface area contributed by atoms with E-state index in [1.807, 2.05) is 30.3 Å². The van der Waals surface area contributed by atoms with Crippen molar-refractivity contribution in [2.75, 3.05) is 0 Å². The fourth-order valence-corrected chi connectivity index (χ4v) is 3.21. The normalized spacial score (nSPS) is 10.8. The molecular weight excluding hydrogens is 345 g/mol. The fraction of sp³-hybridized carbons (Fsp3) is 0.158. The van der Waals surface area contributed by atoms with Crippen molar-refractivity contribution < 1.29 is 9.13 Å². The third kappa shape index (κ3) is 4.57. The van der Waals surface area contributed by atoms with Crippen molar-refractivity contribution in [3.8, 4) is 5.75 Å². The van der Waals surface area contributed by atoms with Gasteiger partial charge in [-0.25, -0.2) is 4.39 Å². The molecule has 1 N–H and O–H groups in total. The molecule has 5 heteroatoms. The van der Waals surface area contributed by atoms with Crippen LogP contribution in [0.1, 0.15) is 16.0 Å². The lowest BCUT2D eigenvalue weighted by atomic mass is 10.2. The molecule has 1 heterocycles. The van der Waals surface area contributed by atoms with Gasteiger partial charge in [0.1, 0.15) is 18.2 Å². The minimum Gasteiger partial charge on any atom is -0.489 e. The highest BCUT2D eigenvalue weighted by atomic mass is 35.5. The smallest absolute Gasteiger partial charge is 0.131 e. The van der Waals surface area contributed by atoms with E-state index in [0.717, 1.165) is 18.7 Å². The van der Waals surface area contributed by atoms with Crippen molar-refractivity contribution >= 4 is 22.9 Å². The molecule has 0 spiro atoms. The van der Waals surface area contributed by atoms with Crippen LogP contribution in [0, 0.1) is 5.82 Å². The van der Waals surface area contributed by atoms with Crippen LogP contribution in [0.4, 0.5) is 4.39 Å². The average Bonchev–Trinajstić information content (AvgIpc) is 3.08. The molecule has 0 saturated carbocycles. The monoisotopic (exact) mass is 361 g/mol. The number of nitrogens with one attached hydrogen (secondary N) is 1. The Bertz CT molecular complexity index is 772. The molecule has 0 atom stereocenters. The van der Waals surface area contributed by atoms with E-state index in [1.54, 1.807) is 23.5 Å². The molecule has 1 aromatic heterocycles. The summed E-state index contributed by atoms with van der Waals surface area (Å²) in [7, 11) is 0. The Balaban J connectivity index is 1.57. The molecule has 124 valence electrons. The summed E-state index contributed by atoms with van der Waals surface area (Å²) in [5, 5.41) is 5.84. The van der Waals surface area contributed by atoms with Gasteiger partial charge in [0.25, 0.3) is 0 Å². The van der Waals surface area contributed by atoms with Crippen LogP contribution >= 0.6 is 22.9 Å². The van der Waals surface area contributed by atoms with E-state index in [1.165, 1.54) is 10.9 Å². The lowest BCUT2D eigenvalue weighted by Gasteiger charge is -2.10. The van der Waals surface area contributed by atoms with Crippen molar-refractivity contribution in [2.45, 2.75) is 19.7 Å². The third-order valence-electron chi connectivity index (χ3n) is 3.55. The number of ether oxygens (including phenoxy) is 1. The van der Waals surface area contributed by atoms with Gasteiger partial charge in [0, 0.05) is 23.5 Å². The molecule has 3 aromatic rings. The van der Waals surface area contributed by atoms with Gasteiger partial charge in [-0.05, 0) is 41.3 Å². The van der Waals surface area contributed by atoms with Gasteiger partial charge in [-0.15, -0.1) is 11.3 Å². The van der Waals surface area contributed by atoms with Crippen LogP contribution in [0.5, 0.6) is 5.75 Å². The van der Waals surface area contributed by atoms with Crippen LogP contribution in [-0.2, 0) is 19.7 Å². The van der Waals surface area contributed by atoms with E-state index in [9.17, 15) is 4.39 Å². The van der Waals surface area contributed by atoms with E-state index in [-0.39, 0.29) is 12.4 Å². The Hall–Kier alpha value is -1.88. The van der Waals surface area contributed by atoms with E-state index in [0.29, 0.717) is 16.3 Å². The third-order valence-corrected chi connectivity index (χ3v) is 4.78. The van der Waals surface area contributed by atoms with Crippen LogP contribution in [0.15, 0.2) is 60.0 Å². The Kier molecular flexibility index (Phi) is 5.86. The van der Waals surface area contributed by atoms with Crippen molar-refractivity contribution in [3.63, 3.8) is 0 Å². The number of rotatable bonds is 7. The summed E-state index contributed by atoms with van der Waals surface area (Å²) in [6.45, 7) is 1.70. The Morgan fingerprint density at radius 2 is 1.92 bits per heavy atom. The molecular formula is C19H17ClFNOS. The zero-order valence-corrected chi connectivity index (χ0v) is 14.5. The van der Waals surface area contributed by atoms with Gasteiger partial charge < -0.3 is 10.1 Å². The SMILES string of the molecule is Fc1cccc(Cl)c1COc1cccc(CNCc2cccs2)c1. The van der Waals surface area contributed by atoms with E-state index in [4.69, 9.17) is 16.3 Å². The maximum atomic E-state index is 13.8. The van der Waals surface area contributed by atoms with Gasteiger partial charge in [0.15, 0.2) is 0 Å². The average molecular weight is 362 g/mol. The largest absolute Gasteiger partial charge is 0.489 e. The molecule has 0 saturated heterocycles. The van der Waals surface area contributed by atoms with Crippen molar-refractivity contribution in [1.82, 2.24) is 5.32 Å². The lowest BCUT2D eigenvalue weighted by molar-refractivity contribution is 0.299. The maximum Gasteiger partial charge on any atom is 0.131 e. The number of hydrogen-bond acceptors (Lipinski definition) is 3. The first-order valence-corrected chi connectivity index (χ1v) is 8.86. The minimum atomic E-state index is -0.351. The van der Waals surface area contributed by atoms with Crippen LogP contribution in [0.3, 0.4) is 0 Å². The summed E-state index contributed by atoms with van der Waals surface area (Å²) in [6.07, 6.45) is 0. The van der Waals surface area contributed by atoms with Crippen LogP contribution < -0.4 is 10.1 Å². The summed E-state index contributed by atoms with van der Waals surface area (Å²) < 4.78 is 19.5. The zero-order valence-electron chi connectivity index (χ0n) is 13.0. The van der Waals surface area contributed by atoms with Gasteiger partial charge in [0.05, 0.1) is 5.02 Å². The van der Waals surface area contributed by atoms with Gasteiger partial charge in [0.2, 0.25) is 0 Å². The summed E-state index contributed by atoms with van der Waals surface area (Å²) in [5.41, 5.74) is 1.49. The second kappa shape index (κ2) is 8.29. The fourth-order valence-electron chi connectivity index (χ4n) is 2.31.